The number of rotatable bonds is 4. The zero-order valence-corrected chi connectivity index (χ0v) is 14.1. The topological polar surface area (TPSA) is 80.8 Å². The molecule has 0 fully saturated rings. The molecular weight excluding hydrogens is 330 g/mol. The molecule has 24 heavy (non-hydrogen) atoms. The van der Waals surface area contributed by atoms with Gasteiger partial charge in [-0.25, -0.2) is 4.98 Å². The summed E-state index contributed by atoms with van der Waals surface area (Å²) in [5.74, 6) is 0.937. The van der Waals surface area contributed by atoms with Crippen molar-refractivity contribution in [2.75, 3.05) is 25.5 Å². The van der Waals surface area contributed by atoms with Crippen molar-refractivity contribution in [3.8, 4) is 11.5 Å². The Morgan fingerprint density at radius 3 is 2.88 bits per heavy atom. The molecule has 2 aromatic rings. The average Bonchev–Trinajstić information content (AvgIpc) is 3.01. The zero-order valence-electron chi connectivity index (χ0n) is 13.3. The van der Waals surface area contributed by atoms with Crippen molar-refractivity contribution in [3.63, 3.8) is 0 Å². The number of nitrogens with zero attached hydrogens (tertiary/aromatic N) is 2. The maximum atomic E-state index is 12.4. The number of carbonyl (C=O) groups is 2. The Bertz CT molecular complexity index is 761. The number of amides is 2. The summed E-state index contributed by atoms with van der Waals surface area (Å²) in [4.78, 5) is 29.1. The molecule has 0 saturated heterocycles. The van der Waals surface area contributed by atoms with E-state index in [-0.39, 0.29) is 17.9 Å². The number of ether oxygens (including phenoxy) is 2. The molecule has 0 bridgehead atoms. The van der Waals surface area contributed by atoms with Crippen molar-refractivity contribution >= 4 is 28.3 Å². The highest BCUT2D eigenvalue weighted by atomic mass is 32.1. The number of benzene rings is 1. The van der Waals surface area contributed by atoms with Crippen LogP contribution < -0.4 is 14.8 Å². The SMILES string of the molecule is CC(=O)Nc1nc(C(=O)N(C)C[C@@H]2COc3ccccc3O2)cs1. The first-order valence-corrected chi connectivity index (χ1v) is 8.28. The summed E-state index contributed by atoms with van der Waals surface area (Å²) in [7, 11) is 1.68. The predicted molar refractivity (Wildman–Crippen MR) is 89.7 cm³/mol. The van der Waals surface area contributed by atoms with Crippen LogP contribution in [-0.2, 0) is 4.79 Å². The Balaban J connectivity index is 1.60. The molecule has 0 spiro atoms. The van der Waals surface area contributed by atoms with E-state index in [2.05, 4.69) is 10.3 Å². The van der Waals surface area contributed by atoms with Gasteiger partial charge < -0.3 is 19.7 Å². The largest absolute Gasteiger partial charge is 0.486 e. The van der Waals surface area contributed by atoms with Crippen LogP contribution in [0, 0.1) is 0 Å². The number of thiazole rings is 1. The van der Waals surface area contributed by atoms with Gasteiger partial charge in [0.25, 0.3) is 5.91 Å². The molecule has 0 aliphatic carbocycles. The van der Waals surface area contributed by atoms with Gasteiger partial charge in [-0.3, -0.25) is 9.59 Å². The quantitative estimate of drug-likeness (QED) is 0.915. The number of aromatic nitrogens is 1. The number of anilines is 1. The van der Waals surface area contributed by atoms with Gasteiger partial charge in [-0.2, -0.15) is 0 Å². The minimum atomic E-state index is -0.248. The van der Waals surface area contributed by atoms with Crippen LogP contribution in [0.3, 0.4) is 0 Å². The summed E-state index contributed by atoms with van der Waals surface area (Å²) in [6.07, 6.45) is -0.248. The molecule has 1 aliphatic heterocycles. The number of hydrogen-bond acceptors (Lipinski definition) is 6. The Morgan fingerprint density at radius 2 is 2.12 bits per heavy atom. The summed E-state index contributed by atoms with van der Waals surface area (Å²) >= 11 is 1.21. The van der Waals surface area contributed by atoms with E-state index in [4.69, 9.17) is 9.47 Å². The van der Waals surface area contributed by atoms with Crippen LogP contribution in [0.5, 0.6) is 11.5 Å². The minimum absolute atomic E-state index is 0.219. The number of nitrogens with one attached hydrogen (secondary N) is 1. The fourth-order valence-corrected chi connectivity index (χ4v) is 3.05. The van der Waals surface area contributed by atoms with E-state index >= 15 is 0 Å². The number of fused-ring (bicyclic) bond motifs is 1. The highest BCUT2D eigenvalue weighted by Crippen LogP contribution is 2.31. The van der Waals surface area contributed by atoms with Gasteiger partial charge in [-0.1, -0.05) is 12.1 Å². The maximum absolute atomic E-state index is 12.4. The first-order valence-electron chi connectivity index (χ1n) is 7.40. The van der Waals surface area contributed by atoms with Gasteiger partial charge in [-0.15, -0.1) is 11.3 Å². The van der Waals surface area contributed by atoms with Crippen molar-refractivity contribution < 1.29 is 19.1 Å². The highest BCUT2D eigenvalue weighted by Gasteiger charge is 2.25. The summed E-state index contributed by atoms with van der Waals surface area (Å²) in [5, 5.41) is 4.59. The van der Waals surface area contributed by atoms with Gasteiger partial charge in [0.15, 0.2) is 22.7 Å². The lowest BCUT2D eigenvalue weighted by Gasteiger charge is -2.29. The molecule has 0 saturated carbocycles. The number of para-hydroxylation sites is 2. The summed E-state index contributed by atoms with van der Waals surface area (Å²) in [6, 6.07) is 7.44. The van der Waals surface area contributed by atoms with Gasteiger partial charge >= 0.3 is 0 Å². The number of likely N-dealkylation sites (N-methyl/N-ethyl adjacent to an activating group) is 1. The van der Waals surface area contributed by atoms with Crippen LogP contribution in [0.1, 0.15) is 17.4 Å². The Kier molecular flexibility index (Phi) is 4.66. The molecule has 1 aliphatic rings. The molecule has 1 aromatic carbocycles. The van der Waals surface area contributed by atoms with Crippen LogP contribution >= 0.6 is 11.3 Å². The maximum Gasteiger partial charge on any atom is 0.273 e. The van der Waals surface area contributed by atoms with E-state index in [1.54, 1.807) is 12.4 Å². The third kappa shape index (κ3) is 3.65. The van der Waals surface area contributed by atoms with E-state index < -0.39 is 0 Å². The van der Waals surface area contributed by atoms with Crippen molar-refractivity contribution in [2.24, 2.45) is 0 Å². The molecule has 8 heteroatoms. The molecule has 1 atom stereocenters. The van der Waals surface area contributed by atoms with Gasteiger partial charge in [0, 0.05) is 19.4 Å². The molecule has 0 unspecified atom stereocenters. The lowest BCUT2D eigenvalue weighted by Crippen LogP contribution is -2.41. The molecule has 1 aromatic heterocycles. The number of hydrogen-bond donors (Lipinski definition) is 1. The lowest BCUT2D eigenvalue weighted by molar-refractivity contribution is -0.114. The second-order valence-corrected chi connectivity index (χ2v) is 6.26. The standard InChI is InChI=1S/C16H17N3O4S/c1-10(20)17-16-18-12(9-24-16)15(21)19(2)7-11-8-22-13-5-3-4-6-14(13)23-11/h3-6,9,11H,7-8H2,1-2H3,(H,17,18,20)/t11-/m1/s1. The molecule has 126 valence electrons. The summed E-state index contributed by atoms with van der Waals surface area (Å²) < 4.78 is 11.5. The Morgan fingerprint density at radius 1 is 1.38 bits per heavy atom. The third-order valence-corrected chi connectivity index (χ3v) is 4.16. The monoisotopic (exact) mass is 347 g/mol. The second-order valence-electron chi connectivity index (χ2n) is 5.40. The van der Waals surface area contributed by atoms with Crippen LogP contribution in [-0.4, -0.2) is 48.0 Å². The highest BCUT2D eigenvalue weighted by molar-refractivity contribution is 7.14. The smallest absolute Gasteiger partial charge is 0.273 e. The Labute approximate surface area is 143 Å². The van der Waals surface area contributed by atoms with Crippen LogP contribution in [0.15, 0.2) is 29.6 Å². The molecule has 1 N–H and O–H groups in total. The molecule has 7 nitrogen and oxygen atoms in total. The van der Waals surface area contributed by atoms with Crippen molar-refractivity contribution in [1.29, 1.82) is 0 Å². The fraction of sp³-hybridized carbons (Fsp3) is 0.312. The number of carbonyl (C=O) groups excluding carboxylic acids is 2. The van der Waals surface area contributed by atoms with Crippen molar-refractivity contribution in [2.45, 2.75) is 13.0 Å². The van der Waals surface area contributed by atoms with Gasteiger partial charge in [0.05, 0.1) is 6.54 Å². The average molecular weight is 347 g/mol. The molecule has 3 rings (SSSR count). The van der Waals surface area contributed by atoms with Gasteiger partial charge in [-0.05, 0) is 12.1 Å². The van der Waals surface area contributed by atoms with E-state index in [0.717, 1.165) is 0 Å². The summed E-state index contributed by atoms with van der Waals surface area (Å²) in [6.45, 7) is 2.15. The lowest BCUT2D eigenvalue weighted by atomic mass is 10.2. The fourth-order valence-electron chi connectivity index (χ4n) is 2.32. The van der Waals surface area contributed by atoms with Gasteiger partial charge in [0.2, 0.25) is 5.91 Å². The van der Waals surface area contributed by atoms with Crippen molar-refractivity contribution in [3.05, 3.63) is 35.3 Å². The Hall–Kier alpha value is -2.61. The molecular formula is C16H17N3O4S. The second kappa shape index (κ2) is 6.88. The molecule has 2 amide bonds. The van der Waals surface area contributed by atoms with Crippen LogP contribution in [0.4, 0.5) is 5.13 Å². The molecule has 0 radical (unpaired) electrons. The van der Waals surface area contributed by atoms with E-state index in [9.17, 15) is 9.59 Å². The third-order valence-electron chi connectivity index (χ3n) is 3.40. The first-order chi connectivity index (χ1) is 11.5. The van der Waals surface area contributed by atoms with Crippen LogP contribution in [0.25, 0.3) is 0 Å². The van der Waals surface area contributed by atoms with E-state index in [1.165, 1.54) is 23.2 Å². The minimum Gasteiger partial charge on any atom is -0.486 e. The normalized spacial score (nSPS) is 15.7. The first kappa shape index (κ1) is 16.3. The van der Waals surface area contributed by atoms with E-state index in [0.29, 0.717) is 35.5 Å². The van der Waals surface area contributed by atoms with Crippen molar-refractivity contribution in [1.82, 2.24) is 9.88 Å². The van der Waals surface area contributed by atoms with Gasteiger partial charge in [0.1, 0.15) is 12.3 Å². The zero-order chi connectivity index (χ0) is 17.1. The summed E-state index contributed by atoms with van der Waals surface area (Å²) in [5.41, 5.74) is 0.295. The van der Waals surface area contributed by atoms with Crippen LogP contribution in [0.2, 0.25) is 0 Å². The molecule has 2 heterocycles. The predicted octanol–water partition coefficient (Wildman–Crippen LogP) is 2.01. The van der Waals surface area contributed by atoms with E-state index in [1.807, 2.05) is 24.3 Å².